The number of halogens is 1. The normalized spacial score (nSPS) is 13.0. The predicted octanol–water partition coefficient (Wildman–Crippen LogP) is 1.58. The number of rotatable bonds is 1. The van der Waals surface area contributed by atoms with Crippen LogP contribution in [0.3, 0.4) is 0 Å². The lowest BCUT2D eigenvalue weighted by Gasteiger charge is -2.06. The molecule has 0 bridgehead atoms. The van der Waals surface area contributed by atoms with Gasteiger partial charge in [-0.25, -0.2) is 4.39 Å². The van der Waals surface area contributed by atoms with E-state index in [9.17, 15) is 4.39 Å². The van der Waals surface area contributed by atoms with Crippen LogP contribution in [-0.2, 0) is 0 Å². The van der Waals surface area contributed by atoms with Crippen molar-refractivity contribution in [2.24, 2.45) is 0 Å². The van der Waals surface area contributed by atoms with Crippen LogP contribution in [0, 0.1) is 5.82 Å². The highest BCUT2D eigenvalue weighted by Gasteiger charge is 2.09. The number of aromatic hydroxyl groups is 1. The Balaban J connectivity index is 3.17. The first-order chi connectivity index (χ1) is 5.13. The van der Waals surface area contributed by atoms with Crippen LogP contribution >= 0.6 is 0 Å². The molecule has 1 aromatic carbocycles. The predicted molar refractivity (Wildman–Crippen MR) is 38.7 cm³/mol. The lowest BCUT2D eigenvalue weighted by molar-refractivity contribution is 0.193. The topological polar surface area (TPSA) is 40.5 Å². The summed E-state index contributed by atoms with van der Waals surface area (Å²) < 4.78 is 12.6. The highest BCUT2D eigenvalue weighted by Crippen LogP contribution is 2.25. The van der Waals surface area contributed by atoms with Gasteiger partial charge in [-0.3, -0.25) is 0 Å². The van der Waals surface area contributed by atoms with Gasteiger partial charge in [-0.1, -0.05) is 12.1 Å². The number of hydrogen-bond donors (Lipinski definition) is 2. The van der Waals surface area contributed by atoms with Crippen molar-refractivity contribution in [1.82, 2.24) is 0 Å². The molecule has 3 heteroatoms. The largest absolute Gasteiger partial charge is 0.505 e. The smallest absolute Gasteiger partial charge is 0.165 e. The minimum atomic E-state index is -0.842. The third-order valence-corrected chi connectivity index (χ3v) is 1.47. The van der Waals surface area contributed by atoms with Gasteiger partial charge in [-0.2, -0.15) is 0 Å². The summed E-state index contributed by atoms with van der Waals surface area (Å²) in [6, 6.07) is 4.06. The van der Waals surface area contributed by atoms with E-state index in [2.05, 4.69) is 0 Å². The van der Waals surface area contributed by atoms with Crippen molar-refractivity contribution < 1.29 is 14.6 Å². The molecule has 0 aliphatic rings. The highest BCUT2D eigenvalue weighted by molar-refractivity contribution is 5.34. The van der Waals surface area contributed by atoms with E-state index in [0.717, 1.165) is 6.07 Å². The van der Waals surface area contributed by atoms with Gasteiger partial charge in [0.05, 0.1) is 6.10 Å². The molecule has 1 aromatic rings. The summed E-state index contributed by atoms with van der Waals surface area (Å²) in [7, 11) is 0. The summed E-state index contributed by atoms with van der Waals surface area (Å²) >= 11 is 0. The van der Waals surface area contributed by atoms with E-state index in [1.165, 1.54) is 19.1 Å². The van der Waals surface area contributed by atoms with Gasteiger partial charge in [-0.05, 0) is 13.0 Å². The van der Waals surface area contributed by atoms with Crippen molar-refractivity contribution in [3.8, 4) is 5.75 Å². The molecule has 1 atom stereocenters. The summed E-state index contributed by atoms with van der Waals surface area (Å²) in [4.78, 5) is 0. The number of benzene rings is 1. The molecule has 11 heavy (non-hydrogen) atoms. The number of phenolic OH excluding ortho intramolecular Hbond substituents is 1. The molecule has 2 N–H and O–H groups in total. The van der Waals surface area contributed by atoms with E-state index < -0.39 is 17.7 Å². The summed E-state index contributed by atoms with van der Waals surface area (Å²) in [6.45, 7) is 1.47. The van der Waals surface area contributed by atoms with Crippen LogP contribution in [0.1, 0.15) is 18.6 Å². The van der Waals surface area contributed by atoms with Gasteiger partial charge >= 0.3 is 0 Å². The SMILES string of the molecule is CC(O)c1cccc(F)c1O. The van der Waals surface area contributed by atoms with Crippen LogP contribution in [0.15, 0.2) is 18.2 Å². The molecule has 0 amide bonds. The Bertz CT molecular complexity index is 258. The molecule has 1 unspecified atom stereocenters. The minimum absolute atomic E-state index is 0.213. The Hall–Kier alpha value is -1.09. The Labute approximate surface area is 63.9 Å². The van der Waals surface area contributed by atoms with Crippen molar-refractivity contribution in [3.05, 3.63) is 29.6 Å². The summed E-state index contributed by atoms with van der Waals surface area (Å²) in [5, 5.41) is 18.0. The number of aliphatic hydroxyl groups excluding tert-OH is 1. The molecule has 0 saturated carbocycles. The molecule has 0 fully saturated rings. The standard InChI is InChI=1S/C8H9FO2/c1-5(10)6-3-2-4-7(9)8(6)11/h2-5,10-11H,1H3. The number of hydrogen-bond acceptors (Lipinski definition) is 2. The average Bonchev–Trinajstić information content (AvgIpc) is 1.94. The average molecular weight is 156 g/mol. The molecule has 60 valence electrons. The van der Waals surface area contributed by atoms with Gasteiger partial charge in [0.1, 0.15) is 0 Å². The van der Waals surface area contributed by atoms with Crippen LogP contribution in [0.5, 0.6) is 5.75 Å². The maximum Gasteiger partial charge on any atom is 0.165 e. The highest BCUT2D eigenvalue weighted by atomic mass is 19.1. The molecule has 0 aromatic heterocycles. The van der Waals surface area contributed by atoms with Crippen LogP contribution < -0.4 is 0 Å². The lowest BCUT2D eigenvalue weighted by Crippen LogP contribution is -1.92. The Morgan fingerprint density at radius 1 is 1.45 bits per heavy atom. The van der Waals surface area contributed by atoms with Crippen molar-refractivity contribution in [3.63, 3.8) is 0 Å². The maximum atomic E-state index is 12.6. The van der Waals surface area contributed by atoms with Crippen molar-refractivity contribution in [2.75, 3.05) is 0 Å². The molecular formula is C8H9FO2. The molecule has 0 heterocycles. The number of phenols is 1. The van der Waals surface area contributed by atoms with Gasteiger partial charge in [0, 0.05) is 5.56 Å². The molecular weight excluding hydrogens is 147 g/mol. The second-order valence-electron chi connectivity index (χ2n) is 2.35. The summed E-state index contributed by atoms with van der Waals surface area (Å²) in [5.41, 5.74) is 0.213. The van der Waals surface area contributed by atoms with E-state index in [1.54, 1.807) is 0 Å². The Kier molecular flexibility index (Phi) is 2.10. The Morgan fingerprint density at radius 3 is 2.55 bits per heavy atom. The van der Waals surface area contributed by atoms with Crippen molar-refractivity contribution >= 4 is 0 Å². The second-order valence-corrected chi connectivity index (χ2v) is 2.35. The molecule has 0 aliphatic carbocycles. The zero-order valence-corrected chi connectivity index (χ0v) is 6.08. The first-order valence-electron chi connectivity index (χ1n) is 3.28. The van der Waals surface area contributed by atoms with E-state index in [4.69, 9.17) is 10.2 Å². The van der Waals surface area contributed by atoms with Gasteiger partial charge in [-0.15, -0.1) is 0 Å². The first kappa shape index (κ1) is 8.01. The van der Waals surface area contributed by atoms with E-state index in [-0.39, 0.29) is 5.56 Å². The molecule has 0 radical (unpaired) electrons. The molecule has 0 saturated heterocycles. The van der Waals surface area contributed by atoms with Gasteiger partial charge < -0.3 is 10.2 Å². The molecule has 0 spiro atoms. The van der Waals surface area contributed by atoms with Gasteiger partial charge in [0.15, 0.2) is 11.6 Å². The van der Waals surface area contributed by atoms with Crippen LogP contribution in [-0.4, -0.2) is 10.2 Å². The van der Waals surface area contributed by atoms with Gasteiger partial charge in [0.2, 0.25) is 0 Å². The van der Waals surface area contributed by atoms with Crippen LogP contribution in [0.4, 0.5) is 4.39 Å². The molecule has 0 aliphatic heterocycles. The fraction of sp³-hybridized carbons (Fsp3) is 0.250. The molecule has 2 nitrogen and oxygen atoms in total. The van der Waals surface area contributed by atoms with Crippen LogP contribution in [0.25, 0.3) is 0 Å². The monoisotopic (exact) mass is 156 g/mol. The zero-order valence-electron chi connectivity index (χ0n) is 6.08. The van der Waals surface area contributed by atoms with Gasteiger partial charge in [0.25, 0.3) is 0 Å². The second kappa shape index (κ2) is 2.88. The van der Waals surface area contributed by atoms with E-state index in [1.807, 2.05) is 0 Å². The molecule has 1 rings (SSSR count). The van der Waals surface area contributed by atoms with E-state index >= 15 is 0 Å². The fourth-order valence-electron chi connectivity index (χ4n) is 0.869. The minimum Gasteiger partial charge on any atom is -0.505 e. The van der Waals surface area contributed by atoms with Crippen LogP contribution in [0.2, 0.25) is 0 Å². The third kappa shape index (κ3) is 1.49. The third-order valence-electron chi connectivity index (χ3n) is 1.47. The van der Waals surface area contributed by atoms with Crippen molar-refractivity contribution in [2.45, 2.75) is 13.0 Å². The van der Waals surface area contributed by atoms with Crippen molar-refractivity contribution in [1.29, 1.82) is 0 Å². The first-order valence-corrected chi connectivity index (χ1v) is 3.28. The fourth-order valence-corrected chi connectivity index (χ4v) is 0.869. The quantitative estimate of drug-likeness (QED) is 0.648. The summed E-state index contributed by atoms with van der Waals surface area (Å²) in [5.74, 6) is -1.18. The summed E-state index contributed by atoms with van der Waals surface area (Å²) in [6.07, 6.45) is -0.842. The van der Waals surface area contributed by atoms with E-state index in [0.29, 0.717) is 0 Å². The number of aliphatic hydroxyl groups is 1. The zero-order chi connectivity index (χ0) is 8.43. The number of para-hydroxylation sites is 1. The lowest BCUT2D eigenvalue weighted by atomic mass is 10.1. The maximum absolute atomic E-state index is 12.6. The Morgan fingerprint density at radius 2 is 2.09 bits per heavy atom.